The first-order chi connectivity index (χ1) is 12.2. The van der Waals surface area contributed by atoms with Crippen LogP contribution in [0.3, 0.4) is 0 Å². The zero-order valence-corrected chi connectivity index (χ0v) is 13.3. The molecule has 8 nitrogen and oxygen atoms in total. The lowest BCUT2D eigenvalue weighted by Crippen LogP contribution is -2.30. The first kappa shape index (κ1) is 15.0. The number of nitrogens with one attached hydrogen (secondary N) is 2. The number of aromatic amines is 1. The Labute approximate surface area is 142 Å². The highest BCUT2D eigenvalue weighted by atomic mass is 16.5. The number of aromatic nitrogens is 4. The Morgan fingerprint density at radius 2 is 2.04 bits per heavy atom. The number of hydrogen-bond donors (Lipinski definition) is 3. The molecule has 2 heterocycles. The molecule has 2 aromatic heterocycles. The topological polar surface area (TPSA) is 119 Å². The molecule has 0 bridgehead atoms. The smallest absolute Gasteiger partial charge is 0.285 e. The number of benzene rings is 2. The van der Waals surface area contributed by atoms with Gasteiger partial charge in [-0.05, 0) is 12.1 Å². The maximum absolute atomic E-state index is 11.7. The summed E-state index contributed by atoms with van der Waals surface area (Å²) < 4.78 is 5.53. The highest BCUT2D eigenvalue weighted by molar-refractivity contribution is 6.01. The number of carbonyl (C=O) groups is 1. The molecule has 0 saturated heterocycles. The number of fused-ring (bicyclic) bond motifs is 2. The van der Waals surface area contributed by atoms with E-state index in [1.54, 1.807) is 19.4 Å². The lowest BCUT2D eigenvalue weighted by atomic mass is 10.00. The largest absolute Gasteiger partial charge is 0.496 e. The molecule has 25 heavy (non-hydrogen) atoms. The van der Waals surface area contributed by atoms with Crippen LogP contribution in [0, 0.1) is 0 Å². The van der Waals surface area contributed by atoms with Gasteiger partial charge in [-0.25, -0.2) is 5.84 Å². The van der Waals surface area contributed by atoms with E-state index >= 15 is 0 Å². The number of nitrogens with zero attached hydrogens (tertiary/aromatic N) is 3. The van der Waals surface area contributed by atoms with Gasteiger partial charge < -0.3 is 4.74 Å². The Kier molecular flexibility index (Phi) is 3.51. The number of nitrogen functional groups attached to an aromatic ring is 1. The highest BCUT2D eigenvalue weighted by Gasteiger charge is 2.15. The number of methoxy groups -OCH3 is 1. The molecular formula is C17H14N6O2. The van der Waals surface area contributed by atoms with Crippen molar-refractivity contribution in [2.45, 2.75) is 0 Å². The van der Waals surface area contributed by atoms with Crippen molar-refractivity contribution in [2.75, 3.05) is 7.11 Å². The monoisotopic (exact) mass is 334 g/mol. The molecule has 0 radical (unpaired) electrons. The molecule has 0 spiro atoms. The van der Waals surface area contributed by atoms with E-state index < -0.39 is 5.91 Å². The summed E-state index contributed by atoms with van der Waals surface area (Å²) in [6, 6.07) is 11.2. The number of rotatable bonds is 3. The van der Waals surface area contributed by atoms with Gasteiger partial charge in [0.25, 0.3) is 5.91 Å². The Morgan fingerprint density at radius 1 is 1.16 bits per heavy atom. The number of nitrogens with two attached hydrogens (primary N) is 1. The van der Waals surface area contributed by atoms with Crippen LogP contribution < -0.4 is 16.0 Å². The fourth-order valence-corrected chi connectivity index (χ4v) is 2.82. The molecule has 0 aliphatic carbocycles. The first-order valence-corrected chi connectivity index (χ1v) is 7.50. The van der Waals surface area contributed by atoms with Gasteiger partial charge in [0.15, 0.2) is 5.69 Å². The minimum atomic E-state index is -0.489. The number of ether oxygens (including phenoxy) is 1. The van der Waals surface area contributed by atoms with Crippen molar-refractivity contribution in [1.82, 2.24) is 25.8 Å². The van der Waals surface area contributed by atoms with E-state index in [-0.39, 0.29) is 5.69 Å². The molecular weight excluding hydrogens is 320 g/mol. The average molecular weight is 334 g/mol. The molecule has 0 atom stereocenters. The molecule has 4 aromatic rings. The van der Waals surface area contributed by atoms with E-state index in [1.807, 2.05) is 30.3 Å². The van der Waals surface area contributed by atoms with E-state index in [4.69, 9.17) is 10.6 Å². The number of H-pyrrole nitrogens is 1. The second-order valence-electron chi connectivity index (χ2n) is 5.46. The van der Waals surface area contributed by atoms with Crippen molar-refractivity contribution >= 4 is 27.7 Å². The van der Waals surface area contributed by atoms with Crippen molar-refractivity contribution in [3.05, 3.63) is 48.3 Å². The molecule has 124 valence electrons. The third-order valence-electron chi connectivity index (χ3n) is 4.03. The lowest BCUT2D eigenvalue weighted by molar-refractivity contribution is 0.0948. The Hall–Kier alpha value is -3.52. The van der Waals surface area contributed by atoms with Gasteiger partial charge in [-0.2, -0.15) is 5.10 Å². The molecule has 8 heteroatoms. The van der Waals surface area contributed by atoms with Crippen molar-refractivity contribution in [3.8, 4) is 16.9 Å². The summed E-state index contributed by atoms with van der Waals surface area (Å²) in [6.45, 7) is 0. The van der Waals surface area contributed by atoms with Crippen LogP contribution in [-0.2, 0) is 0 Å². The van der Waals surface area contributed by atoms with Gasteiger partial charge in [-0.1, -0.05) is 18.2 Å². The predicted molar refractivity (Wildman–Crippen MR) is 92.8 cm³/mol. The first-order valence-electron chi connectivity index (χ1n) is 7.50. The second kappa shape index (κ2) is 5.84. The fourth-order valence-electron chi connectivity index (χ4n) is 2.82. The summed E-state index contributed by atoms with van der Waals surface area (Å²) in [4.78, 5) is 11.7. The SMILES string of the molecule is COc1cc2[nH]ncc2cc1-c1cccc2cc(C(=O)NN)nnc12. The maximum Gasteiger partial charge on any atom is 0.285 e. The van der Waals surface area contributed by atoms with Crippen LogP contribution in [0.4, 0.5) is 0 Å². The normalized spacial score (nSPS) is 11.0. The summed E-state index contributed by atoms with van der Waals surface area (Å²) in [5.74, 6) is 5.36. The van der Waals surface area contributed by atoms with Crippen LogP contribution in [0.1, 0.15) is 10.5 Å². The van der Waals surface area contributed by atoms with Crippen molar-refractivity contribution in [2.24, 2.45) is 5.84 Å². The molecule has 1 amide bonds. The zero-order valence-electron chi connectivity index (χ0n) is 13.3. The Morgan fingerprint density at radius 3 is 2.84 bits per heavy atom. The van der Waals surface area contributed by atoms with Crippen molar-refractivity contribution in [1.29, 1.82) is 0 Å². The number of amides is 1. The van der Waals surface area contributed by atoms with E-state index in [1.165, 1.54) is 0 Å². The van der Waals surface area contributed by atoms with Crippen molar-refractivity contribution < 1.29 is 9.53 Å². The quantitative estimate of drug-likeness (QED) is 0.298. The zero-order chi connectivity index (χ0) is 17.4. The summed E-state index contributed by atoms with van der Waals surface area (Å²) in [6.07, 6.45) is 1.75. The molecule has 0 aliphatic heterocycles. The van der Waals surface area contributed by atoms with Gasteiger partial charge in [0.1, 0.15) is 11.3 Å². The lowest BCUT2D eigenvalue weighted by Gasteiger charge is -2.11. The molecule has 0 saturated carbocycles. The number of hydrazine groups is 1. The number of carbonyl (C=O) groups excluding carboxylic acids is 1. The molecule has 0 aliphatic rings. The van der Waals surface area contributed by atoms with Crippen LogP contribution in [0.5, 0.6) is 5.75 Å². The van der Waals surface area contributed by atoms with Gasteiger partial charge in [0, 0.05) is 28.0 Å². The second-order valence-corrected chi connectivity index (χ2v) is 5.46. The minimum Gasteiger partial charge on any atom is -0.496 e. The van der Waals surface area contributed by atoms with Gasteiger partial charge in [-0.15, -0.1) is 10.2 Å². The van der Waals surface area contributed by atoms with Gasteiger partial charge in [-0.3, -0.25) is 15.3 Å². The highest BCUT2D eigenvalue weighted by Crippen LogP contribution is 2.36. The summed E-state index contributed by atoms with van der Waals surface area (Å²) in [5, 5.41) is 16.9. The van der Waals surface area contributed by atoms with E-state index in [0.29, 0.717) is 11.3 Å². The molecule has 0 fully saturated rings. The Balaban J connectivity index is 1.96. The standard InChI is InChI=1S/C17H14N6O2/c1-25-15-7-13-10(8-19-21-13)5-12(15)11-4-2-3-9-6-14(17(24)20-18)22-23-16(9)11/h2-8H,18H2,1H3,(H,19,21)(H,20,24). The summed E-state index contributed by atoms with van der Waals surface area (Å²) in [5.41, 5.74) is 5.48. The molecule has 2 aromatic carbocycles. The van der Waals surface area contributed by atoms with Gasteiger partial charge in [0.05, 0.1) is 18.8 Å². The summed E-state index contributed by atoms with van der Waals surface area (Å²) >= 11 is 0. The van der Waals surface area contributed by atoms with Crippen LogP contribution >= 0.6 is 0 Å². The van der Waals surface area contributed by atoms with Gasteiger partial charge >= 0.3 is 0 Å². The van der Waals surface area contributed by atoms with Crippen LogP contribution in [0.25, 0.3) is 32.9 Å². The fraction of sp³-hybridized carbons (Fsp3) is 0.0588. The maximum atomic E-state index is 11.7. The molecule has 4 rings (SSSR count). The van der Waals surface area contributed by atoms with Crippen LogP contribution in [0.2, 0.25) is 0 Å². The van der Waals surface area contributed by atoms with E-state index in [0.717, 1.165) is 27.4 Å². The van der Waals surface area contributed by atoms with Gasteiger partial charge in [0.2, 0.25) is 0 Å². The molecule has 4 N–H and O–H groups in total. The minimum absolute atomic E-state index is 0.157. The average Bonchev–Trinajstić information content (AvgIpc) is 3.12. The van der Waals surface area contributed by atoms with Crippen LogP contribution in [0.15, 0.2) is 42.6 Å². The van der Waals surface area contributed by atoms with E-state index in [2.05, 4.69) is 25.8 Å². The van der Waals surface area contributed by atoms with E-state index in [9.17, 15) is 4.79 Å². The Bertz CT molecular complexity index is 1100. The predicted octanol–water partition coefficient (Wildman–Crippen LogP) is 1.79. The third kappa shape index (κ3) is 2.45. The third-order valence-corrected chi connectivity index (χ3v) is 4.03. The van der Waals surface area contributed by atoms with Crippen LogP contribution in [-0.4, -0.2) is 33.4 Å². The van der Waals surface area contributed by atoms with Crippen molar-refractivity contribution in [3.63, 3.8) is 0 Å². The molecule has 0 unspecified atom stereocenters. The summed E-state index contributed by atoms with van der Waals surface area (Å²) in [7, 11) is 1.61. The number of hydrogen-bond acceptors (Lipinski definition) is 6.